The van der Waals surface area contributed by atoms with Crippen LogP contribution in [0.4, 0.5) is 0 Å². The normalized spacial score (nSPS) is 7.00. The molecule has 0 fully saturated rings. The minimum Gasteiger partial charge on any atom is -0.412 e. The molecule has 0 unspecified atom stereocenters. The average Bonchev–Trinajstić information content (AvgIpc) is 2.05. The molecule has 1 aromatic carbocycles. The van der Waals surface area contributed by atoms with Gasteiger partial charge in [0.05, 0.1) is 0 Å². The summed E-state index contributed by atoms with van der Waals surface area (Å²) in [6.07, 6.45) is 0. The summed E-state index contributed by atoms with van der Waals surface area (Å²) in [5.74, 6) is 2.18. The van der Waals surface area contributed by atoms with E-state index in [-0.39, 0.29) is 17.7 Å². The van der Waals surface area contributed by atoms with E-state index in [9.17, 15) is 0 Å². The summed E-state index contributed by atoms with van der Waals surface area (Å²) in [4.78, 5) is 0. The molecule has 0 aromatic heterocycles. The van der Waals surface area contributed by atoms with Crippen LogP contribution in [0, 0.1) is 11.2 Å². The Morgan fingerprint density at radius 2 is 1.67 bits per heavy atom. The van der Waals surface area contributed by atoms with E-state index in [1.165, 1.54) is 0 Å². The lowest BCUT2D eigenvalue weighted by molar-refractivity contribution is 0.823. The summed E-state index contributed by atoms with van der Waals surface area (Å²) in [5, 5.41) is 8.54. The van der Waals surface area contributed by atoms with Crippen molar-refractivity contribution in [2.45, 2.75) is 6.82 Å². The predicted octanol–water partition coefficient (Wildman–Crippen LogP) is -0.568. The Hall–Kier alpha value is -1.31. The first-order valence-corrected chi connectivity index (χ1v) is 3.29. The first kappa shape index (κ1) is 13.3. The van der Waals surface area contributed by atoms with E-state index >= 15 is 0 Å². The highest BCUT2D eigenvalue weighted by atomic mass is 16.0. The Bertz CT molecular complexity index is 245. The largest absolute Gasteiger partial charge is 0.412 e. The molecule has 64 valence electrons. The van der Waals surface area contributed by atoms with E-state index in [4.69, 9.17) is 5.26 Å². The minimum absolute atomic E-state index is 0. The third-order valence-electron chi connectivity index (χ3n) is 1.49. The molecule has 3 nitrogen and oxygen atoms in total. The second-order valence-electron chi connectivity index (χ2n) is 2.26. The molecule has 1 aromatic rings. The Morgan fingerprint density at radius 1 is 1.17 bits per heavy atom. The lowest BCUT2D eigenvalue weighted by atomic mass is 9.49. The Morgan fingerprint density at radius 3 is 2.08 bits per heavy atom. The smallest absolute Gasteiger partial charge is 0.297 e. The zero-order valence-electron chi connectivity index (χ0n) is 6.91. The van der Waals surface area contributed by atoms with Crippen molar-refractivity contribution in [3.8, 4) is 5.97 Å². The summed E-state index contributed by atoms with van der Waals surface area (Å²) < 4.78 is 0. The van der Waals surface area contributed by atoms with Gasteiger partial charge in [-0.25, -0.2) is 5.26 Å². The van der Waals surface area contributed by atoms with Gasteiger partial charge in [-0.15, -0.1) is 0 Å². The number of nitrogens with zero attached hydrogens (tertiary/aromatic N) is 1. The number of rotatable bonds is 1. The predicted molar refractivity (Wildman–Crippen MR) is 50.5 cm³/mol. The molecule has 0 atom stereocenters. The lowest BCUT2D eigenvalue weighted by Gasteiger charge is -1.95. The van der Waals surface area contributed by atoms with Crippen LogP contribution in [0.25, 0.3) is 0 Å². The monoisotopic (exact) mass is 165 g/mol. The second-order valence-corrected chi connectivity index (χ2v) is 2.26. The van der Waals surface area contributed by atoms with Crippen molar-refractivity contribution in [2.75, 3.05) is 0 Å². The summed E-state index contributed by atoms with van der Waals surface area (Å²) in [6.45, 7) is 1.91. The minimum atomic E-state index is 0. The fourth-order valence-corrected chi connectivity index (χ4v) is 0.816. The summed E-state index contributed by atoms with van der Waals surface area (Å²) in [7, 11) is 0. The maximum absolute atomic E-state index is 8.54. The van der Waals surface area contributed by atoms with Crippen molar-refractivity contribution in [2.24, 2.45) is 0 Å². The van der Waals surface area contributed by atoms with Crippen molar-refractivity contribution in [3.63, 3.8) is 0 Å². The molecule has 4 heteroatoms. The highest BCUT2D eigenvalue weighted by molar-refractivity contribution is 6.78. The number of benzene rings is 1. The van der Waals surface area contributed by atoms with Gasteiger partial charge in [-0.1, -0.05) is 42.6 Å². The van der Waals surface area contributed by atoms with Crippen LogP contribution < -0.4 is 5.46 Å². The number of nitriles is 1. The fraction of sp³-hybridized carbons (Fsp3) is 0.125. The highest BCUT2D eigenvalue weighted by Gasteiger charge is 2.06. The van der Waals surface area contributed by atoms with Crippen molar-refractivity contribution >= 4 is 12.2 Å². The molecule has 0 saturated carbocycles. The maximum Gasteiger partial charge on any atom is 0.297 e. The third kappa shape index (κ3) is 3.19. The maximum atomic E-state index is 8.54. The molecule has 0 aliphatic rings. The first-order valence-electron chi connectivity index (χ1n) is 3.29. The molecular formula is C8H12BNO2. The van der Waals surface area contributed by atoms with Crippen molar-refractivity contribution in [1.29, 1.82) is 5.26 Å². The standard InChI is InChI=1S/C8H8BN.2H2O/c1-9(7-10)8-5-3-2-4-6-8;;/h2-6H,1H3;2*1H2. The fourth-order valence-electron chi connectivity index (χ4n) is 0.816. The van der Waals surface area contributed by atoms with Crippen LogP contribution in [0.15, 0.2) is 30.3 Å². The molecule has 0 aliphatic heterocycles. The molecule has 0 aliphatic carbocycles. The zero-order chi connectivity index (χ0) is 7.40. The lowest BCUT2D eigenvalue weighted by Crippen LogP contribution is -2.23. The van der Waals surface area contributed by atoms with Crippen LogP contribution in [0.1, 0.15) is 0 Å². The van der Waals surface area contributed by atoms with Gasteiger partial charge in [-0.3, -0.25) is 0 Å². The van der Waals surface area contributed by atoms with Crippen molar-refractivity contribution < 1.29 is 11.0 Å². The van der Waals surface area contributed by atoms with Gasteiger partial charge in [0.15, 0.2) is 0 Å². The van der Waals surface area contributed by atoms with Crippen molar-refractivity contribution in [3.05, 3.63) is 30.3 Å². The topological polar surface area (TPSA) is 86.8 Å². The molecule has 4 N–H and O–H groups in total. The van der Waals surface area contributed by atoms with E-state index in [2.05, 4.69) is 5.97 Å². The van der Waals surface area contributed by atoms with Gasteiger partial charge in [-0.2, -0.15) is 0 Å². The molecular weight excluding hydrogens is 153 g/mol. The van der Waals surface area contributed by atoms with Crippen LogP contribution in [0.2, 0.25) is 6.82 Å². The Labute approximate surface area is 72.3 Å². The van der Waals surface area contributed by atoms with Gasteiger partial charge in [0.25, 0.3) is 6.71 Å². The second kappa shape index (κ2) is 6.41. The first-order chi connectivity index (χ1) is 4.84. The Kier molecular flexibility index (Phi) is 7.10. The van der Waals surface area contributed by atoms with Gasteiger partial charge >= 0.3 is 0 Å². The van der Waals surface area contributed by atoms with Crippen LogP contribution in [-0.4, -0.2) is 17.7 Å². The van der Waals surface area contributed by atoms with E-state index in [1.54, 1.807) is 0 Å². The summed E-state index contributed by atoms with van der Waals surface area (Å²) in [6, 6.07) is 9.78. The van der Waals surface area contributed by atoms with E-state index in [0.717, 1.165) is 5.46 Å². The number of hydrogen-bond donors (Lipinski definition) is 0. The van der Waals surface area contributed by atoms with Crippen LogP contribution in [0.5, 0.6) is 0 Å². The highest BCUT2D eigenvalue weighted by Crippen LogP contribution is 1.85. The molecule has 0 bridgehead atoms. The summed E-state index contributed by atoms with van der Waals surface area (Å²) in [5.41, 5.74) is 1.09. The van der Waals surface area contributed by atoms with Gasteiger partial charge < -0.3 is 11.0 Å². The van der Waals surface area contributed by atoms with E-state index < -0.39 is 0 Å². The average molecular weight is 165 g/mol. The van der Waals surface area contributed by atoms with Crippen LogP contribution >= 0.6 is 0 Å². The third-order valence-corrected chi connectivity index (χ3v) is 1.49. The summed E-state index contributed by atoms with van der Waals surface area (Å²) >= 11 is 0. The molecule has 0 saturated heterocycles. The van der Waals surface area contributed by atoms with Crippen LogP contribution in [0.3, 0.4) is 0 Å². The van der Waals surface area contributed by atoms with Gasteiger partial charge in [0, 0.05) is 5.97 Å². The quantitative estimate of drug-likeness (QED) is 0.512. The Balaban J connectivity index is 0. The molecule has 0 spiro atoms. The molecule has 1 rings (SSSR count). The van der Waals surface area contributed by atoms with E-state index in [0.29, 0.717) is 0 Å². The van der Waals surface area contributed by atoms with E-state index in [1.807, 2.05) is 37.2 Å². The van der Waals surface area contributed by atoms with Crippen molar-refractivity contribution in [1.82, 2.24) is 0 Å². The van der Waals surface area contributed by atoms with Gasteiger partial charge in [0.2, 0.25) is 0 Å². The molecule has 0 amide bonds. The van der Waals surface area contributed by atoms with Gasteiger partial charge in [-0.05, 0) is 0 Å². The van der Waals surface area contributed by atoms with Crippen LogP contribution in [-0.2, 0) is 0 Å². The molecule has 0 radical (unpaired) electrons. The number of hydrogen-bond acceptors (Lipinski definition) is 1. The SMILES string of the molecule is CB(C#N)c1ccccc1.O.O. The van der Waals surface area contributed by atoms with Gasteiger partial charge in [0.1, 0.15) is 0 Å². The molecule has 12 heavy (non-hydrogen) atoms. The molecule has 0 heterocycles. The zero-order valence-corrected chi connectivity index (χ0v) is 6.91.